The standard InChI is InChI=1S/C14H21N3O2/c1-15-13-6-5-12(9-17-13)14(18)16-7-2-8-19-10-11-3-4-11/h5-6,9,11H,2-4,7-8,10H2,1H3,(H,15,17)(H,16,18). The molecule has 2 rings (SSSR count). The first kappa shape index (κ1) is 13.8. The fourth-order valence-electron chi connectivity index (χ4n) is 1.69. The summed E-state index contributed by atoms with van der Waals surface area (Å²) < 4.78 is 5.50. The highest BCUT2D eigenvalue weighted by molar-refractivity contribution is 5.93. The molecule has 0 radical (unpaired) electrons. The van der Waals surface area contributed by atoms with Crippen molar-refractivity contribution < 1.29 is 9.53 Å². The van der Waals surface area contributed by atoms with Gasteiger partial charge in [0.15, 0.2) is 0 Å². The molecule has 5 nitrogen and oxygen atoms in total. The van der Waals surface area contributed by atoms with Crippen molar-refractivity contribution in [3.63, 3.8) is 0 Å². The second-order valence-corrected chi connectivity index (χ2v) is 4.81. The zero-order valence-corrected chi connectivity index (χ0v) is 11.3. The minimum Gasteiger partial charge on any atom is -0.381 e. The van der Waals surface area contributed by atoms with Gasteiger partial charge in [0.25, 0.3) is 5.91 Å². The highest BCUT2D eigenvalue weighted by Gasteiger charge is 2.20. The minimum atomic E-state index is -0.0858. The summed E-state index contributed by atoms with van der Waals surface area (Å²) in [6, 6.07) is 3.55. The van der Waals surface area contributed by atoms with E-state index in [0.29, 0.717) is 18.7 Å². The molecule has 1 amide bonds. The number of nitrogens with zero attached hydrogens (tertiary/aromatic N) is 1. The number of anilines is 1. The number of ether oxygens (including phenoxy) is 1. The summed E-state index contributed by atoms with van der Waals surface area (Å²) in [5, 5.41) is 5.78. The Balaban J connectivity index is 1.59. The topological polar surface area (TPSA) is 63.2 Å². The lowest BCUT2D eigenvalue weighted by Gasteiger charge is -2.06. The molecular formula is C14H21N3O2. The predicted molar refractivity (Wildman–Crippen MR) is 74.3 cm³/mol. The number of hydrogen-bond acceptors (Lipinski definition) is 4. The maximum atomic E-state index is 11.8. The molecule has 19 heavy (non-hydrogen) atoms. The first-order chi connectivity index (χ1) is 9.29. The van der Waals surface area contributed by atoms with Crippen LogP contribution in [0.3, 0.4) is 0 Å². The number of rotatable bonds is 8. The Kier molecular flexibility index (Phi) is 5.15. The number of pyridine rings is 1. The summed E-state index contributed by atoms with van der Waals surface area (Å²) >= 11 is 0. The number of aromatic nitrogens is 1. The third-order valence-corrected chi connectivity index (χ3v) is 3.08. The summed E-state index contributed by atoms with van der Waals surface area (Å²) in [7, 11) is 1.80. The van der Waals surface area contributed by atoms with Crippen LogP contribution in [-0.2, 0) is 4.74 Å². The molecule has 1 aliphatic rings. The zero-order chi connectivity index (χ0) is 13.5. The normalized spacial score (nSPS) is 14.2. The Morgan fingerprint density at radius 3 is 2.95 bits per heavy atom. The summed E-state index contributed by atoms with van der Waals surface area (Å²) in [5.41, 5.74) is 0.581. The molecule has 0 spiro atoms. The molecule has 1 aromatic heterocycles. The first-order valence-electron chi connectivity index (χ1n) is 6.79. The van der Waals surface area contributed by atoms with Crippen molar-refractivity contribution >= 4 is 11.7 Å². The fraction of sp³-hybridized carbons (Fsp3) is 0.571. The molecule has 0 aliphatic heterocycles. The van der Waals surface area contributed by atoms with Gasteiger partial charge in [0.05, 0.1) is 5.56 Å². The van der Waals surface area contributed by atoms with Gasteiger partial charge in [-0.25, -0.2) is 4.98 Å². The lowest BCUT2D eigenvalue weighted by Crippen LogP contribution is -2.25. The summed E-state index contributed by atoms with van der Waals surface area (Å²) in [4.78, 5) is 15.9. The minimum absolute atomic E-state index is 0.0858. The Morgan fingerprint density at radius 2 is 2.32 bits per heavy atom. The van der Waals surface area contributed by atoms with Gasteiger partial charge in [-0.1, -0.05) is 0 Å². The van der Waals surface area contributed by atoms with Crippen LogP contribution in [0.5, 0.6) is 0 Å². The molecular weight excluding hydrogens is 242 g/mol. The molecule has 2 N–H and O–H groups in total. The van der Waals surface area contributed by atoms with Crippen molar-refractivity contribution in [1.29, 1.82) is 0 Å². The van der Waals surface area contributed by atoms with E-state index >= 15 is 0 Å². The van der Waals surface area contributed by atoms with Crippen LogP contribution in [0.2, 0.25) is 0 Å². The van der Waals surface area contributed by atoms with Gasteiger partial charge in [0, 0.05) is 33.0 Å². The number of carbonyl (C=O) groups excluding carboxylic acids is 1. The van der Waals surface area contributed by atoms with E-state index in [-0.39, 0.29) is 5.91 Å². The van der Waals surface area contributed by atoms with Gasteiger partial charge in [-0.15, -0.1) is 0 Å². The lowest BCUT2D eigenvalue weighted by atomic mass is 10.2. The van der Waals surface area contributed by atoms with Crippen LogP contribution in [0, 0.1) is 5.92 Å². The van der Waals surface area contributed by atoms with Crippen molar-refractivity contribution in [3.8, 4) is 0 Å². The quantitative estimate of drug-likeness (QED) is 0.700. The van der Waals surface area contributed by atoms with Gasteiger partial charge in [-0.2, -0.15) is 0 Å². The van der Waals surface area contributed by atoms with Crippen molar-refractivity contribution in [3.05, 3.63) is 23.9 Å². The second-order valence-electron chi connectivity index (χ2n) is 4.81. The van der Waals surface area contributed by atoms with E-state index in [2.05, 4.69) is 15.6 Å². The molecule has 1 aliphatic carbocycles. The molecule has 0 unspecified atom stereocenters. The van der Waals surface area contributed by atoms with Crippen LogP contribution < -0.4 is 10.6 Å². The Morgan fingerprint density at radius 1 is 1.47 bits per heavy atom. The molecule has 0 atom stereocenters. The summed E-state index contributed by atoms with van der Waals surface area (Å²) in [6.07, 6.45) is 5.05. The van der Waals surface area contributed by atoms with Crippen molar-refractivity contribution in [2.24, 2.45) is 5.92 Å². The Bertz CT molecular complexity index is 402. The molecule has 0 saturated heterocycles. The Labute approximate surface area is 113 Å². The van der Waals surface area contributed by atoms with Crippen LogP contribution >= 0.6 is 0 Å². The molecule has 104 valence electrons. The molecule has 1 heterocycles. The number of nitrogens with one attached hydrogen (secondary N) is 2. The lowest BCUT2D eigenvalue weighted by molar-refractivity contribution is 0.0937. The van der Waals surface area contributed by atoms with E-state index < -0.39 is 0 Å². The van der Waals surface area contributed by atoms with Crippen LogP contribution in [0.15, 0.2) is 18.3 Å². The third kappa shape index (κ3) is 4.87. The van der Waals surface area contributed by atoms with Crippen LogP contribution in [0.25, 0.3) is 0 Å². The zero-order valence-electron chi connectivity index (χ0n) is 11.3. The van der Waals surface area contributed by atoms with E-state index in [4.69, 9.17) is 4.74 Å². The van der Waals surface area contributed by atoms with Gasteiger partial charge in [-0.3, -0.25) is 4.79 Å². The number of hydrogen-bond donors (Lipinski definition) is 2. The van der Waals surface area contributed by atoms with Crippen LogP contribution in [0.1, 0.15) is 29.6 Å². The van der Waals surface area contributed by atoms with E-state index in [9.17, 15) is 4.79 Å². The van der Waals surface area contributed by atoms with Crippen LogP contribution in [-0.4, -0.2) is 37.7 Å². The van der Waals surface area contributed by atoms with Crippen molar-refractivity contribution in [2.75, 3.05) is 32.1 Å². The van der Waals surface area contributed by atoms with E-state index in [0.717, 1.165) is 24.8 Å². The van der Waals surface area contributed by atoms with Gasteiger partial charge in [-0.05, 0) is 37.3 Å². The van der Waals surface area contributed by atoms with Gasteiger partial charge in [0.1, 0.15) is 5.82 Å². The first-order valence-corrected chi connectivity index (χ1v) is 6.79. The molecule has 0 aromatic carbocycles. The third-order valence-electron chi connectivity index (χ3n) is 3.08. The molecule has 1 saturated carbocycles. The molecule has 0 bridgehead atoms. The van der Waals surface area contributed by atoms with Crippen LogP contribution in [0.4, 0.5) is 5.82 Å². The van der Waals surface area contributed by atoms with E-state index in [1.54, 1.807) is 25.4 Å². The average molecular weight is 263 g/mol. The Hall–Kier alpha value is -1.62. The highest BCUT2D eigenvalue weighted by atomic mass is 16.5. The van der Waals surface area contributed by atoms with E-state index in [1.807, 2.05) is 0 Å². The molecule has 1 fully saturated rings. The van der Waals surface area contributed by atoms with Gasteiger partial charge < -0.3 is 15.4 Å². The summed E-state index contributed by atoms with van der Waals surface area (Å²) in [5.74, 6) is 1.47. The maximum Gasteiger partial charge on any atom is 0.252 e. The van der Waals surface area contributed by atoms with Gasteiger partial charge in [0.2, 0.25) is 0 Å². The largest absolute Gasteiger partial charge is 0.381 e. The van der Waals surface area contributed by atoms with E-state index in [1.165, 1.54) is 12.8 Å². The van der Waals surface area contributed by atoms with Crippen molar-refractivity contribution in [2.45, 2.75) is 19.3 Å². The average Bonchev–Trinajstić information content (AvgIpc) is 3.26. The predicted octanol–water partition coefficient (Wildman–Crippen LogP) is 1.67. The smallest absolute Gasteiger partial charge is 0.252 e. The monoisotopic (exact) mass is 263 g/mol. The van der Waals surface area contributed by atoms with Crippen molar-refractivity contribution in [1.82, 2.24) is 10.3 Å². The molecule has 1 aromatic rings. The SMILES string of the molecule is CNc1ccc(C(=O)NCCCOCC2CC2)cn1. The van der Waals surface area contributed by atoms with Gasteiger partial charge >= 0.3 is 0 Å². The molecule has 5 heteroatoms. The maximum absolute atomic E-state index is 11.8. The summed E-state index contributed by atoms with van der Waals surface area (Å²) in [6.45, 7) is 2.23. The number of carbonyl (C=O) groups is 1. The second kappa shape index (κ2) is 7.09. The number of amides is 1. The highest BCUT2D eigenvalue weighted by Crippen LogP contribution is 2.28. The fourth-order valence-corrected chi connectivity index (χ4v) is 1.69.